The fraction of sp³-hybridized carbons (Fsp3) is 0.467. The molecule has 1 aromatic carbocycles. The van der Waals surface area contributed by atoms with E-state index in [2.05, 4.69) is 0 Å². The molecule has 0 heterocycles. The van der Waals surface area contributed by atoms with Crippen LogP contribution in [0.5, 0.6) is 5.75 Å². The van der Waals surface area contributed by atoms with Crippen LogP contribution in [0.4, 0.5) is 0 Å². The van der Waals surface area contributed by atoms with Crippen LogP contribution >= 0.6 is 0 Å². The van der Waals surface area contributed by atoms with Gasteiger partial charge in [-0.3, -0.25) is 9.59 Å². The number of phenols is 1. The molecule has 0 fully saturated rings. The number of carbonyl (C=O) groups is 2. The zero-order valence-electron chi connectivity index (χ0n) is 11.9. The zero-order chi connectivity index (χ0) is 15.1. The van der Waals surface area contributed by atoms with Crippen molar-refractivity contribution < 1.29 is 19.8 Å². The lowest BCUT2D eigenvalue weighted by Crippen LogP contribution is -2.38. The number of rotatable bonds is 7. The van der Waals surface area contributed by atoms with Gasteiger partial charge in [0.05, 0.1) is 6.42 Å². The molecule has 0 atom stereocenters. The summed E-state index contributed by atoms with van der Waals surface area (Å²) in [6.45, 7) is 4.27. The molecular weight excluding hydrogens is 258 g/mol. The smallest absolute Gasteiger partial charge is 0.303 e. The highest BCUT2D eigenvalue weighted by atomic mass is 16.4. The minimum absolute atomic E-state index is 0.0314. The fourth-order valence-corrected chi connectivity index (χ4v) is 1.96. The molecule has 0 radical (unpaired) electrons. The molecular formula is C15H21NO4. The molecule has 110 valence electrons. The lowest BCUT2D eigenvalue weighted by atomic mass is 10.1. The van der Waals surface area contributed by atoms with Crippen LogP contribution in [0.3, 0.4) is 0 Å². The van der Waals surface area contributed by atoms with Crippen molar-refractivity contribution in [3.8, 4) is 5.75 Å². The standard InChI is InChI=1S/C15H21NO4/c1-11(2)16(9-3-4-15(19)20)14(18)10-12-5-7-13(17)8-6-12/h5-8,11,17H,3-4,9-10H2,1-2H3,(H,19,20). The molecule has 0 bridgehead atoms. The van der Waals surface area contributed by atoms with Gasteiger partial charge in [-0.05, 0) is 38.0 Å². The lowest BCUT2D eigenvalue weighted by molar-refractivity contribution is -0.138. The largest absolute Gasteiger partial charge is 0.508 e. The van der Waals surface area contributed by atoms with Crippen molar-refractivity contribution in [2.24, 2.45) is 0 Å². The molecule has 0 aliphatic carbocycles. The number of phenolic OH excluding ortho intramolecular Hbond substituents is 1. The average Bonchev–Trinajstić information content (AvgIpc) is 2.36. The predicted octanol–water partition coefficient (Wildman–Crippen LogP) is 2.04. The number of aromatic hydroxyl groups is 1. The number of benzene rings is 1. The van der Waals surface area contributed by atoms with Gasteiger partial charge in [0.25, 0.3) is 0 Å². The van der Waals surface area contributed by atoms with E-state index in [0.29, 0.717) is 13.0 Å². The van der Waals surface area contributed by atoms with Gasteiger partial charge in [0.2, 0.25) is 5.91 Å². The van der Waals surface area contributed by atoms with Crippen molar-refractivity contribution in [2.75, 3.05) is 6.54 Å². The molecule has 1 amide bonds. The summed E-state index contributed by atoms with van der Waals surface area (Å²) in [5, 5.41) is 17.8. The number of carboxylic acids is 1. The van der Waals surface area contributed by atoms with Crippen molar-refractivity contribution in [1.82, 2.24) is 4.90 Å². The monoisotopic (exact) mass is 279 g/mol. The number of carbonyl (C=O) groups excluding carboxylic acids is 1. The van der Waals surface area contributed by atoms with Crippen molar-refractivity contribution >= 4 is 11.9 Å². The first kappa shape index (κ1) is 16.0. The van der Waals surface area contributed by atoms with Gasteiger partial charge in [0.1, 0.15) is 5.75 Å². The van der Waals surface area contributed by atoms with Gasteiger partial charge in [-0.15, -0.1) is 0 Å². The van der Waals surface area contributed by atoms with E-state index in [1.807, 2.05) is 13.8 Å². The summed E-state index contributed by atoms with van der Waals surface area (Å²) < 4.78 is 0. The second-order valence-electron chi connectivity index (χ2n) is 5.02. The summed E-state index contributed by atoms with van der Waals surface area (Å²) in [6.07, 6.45) is 0.774. The third kappa shape index (κ3) is 5.30. The van der Waals surface area contributed by atoms with Crippen LogP contribution in [-0.4, -0.2) is 39.6 Å². The van der Waals surface area contributed by atoms with Gasteiger partial charge >= 0.3 is 5.97 Å². The van der Waals surface area contributed by atoms with E-state index in [9.17, 15) is 14.7 Å². The molecule has 0 saturated carbocycles. The van der Waals surface area contributed by atoms with Gasteiger partial charge in [-0.1, -0.05) is 12.1 Å². The lowest BCUT2D eigenvalue weighted by Gasteiger charge is -2.26. The van der Waals surface area contributed by atoms with E-state index < -0.39 is 5.97 Å². The number of hydrogen-bond donors (Lipinski definition) is 2. The van der Waals surface area contributed by atoms with E-state index in [1.54, 1.807) is 29.2 Å². The highest BCUT2D eigenvalue weighted by Crippen LogP contribution is 2.12. The number of carboxylic acid groups (broad SMARTS) is 1. The van der Waals surface area contributed by atoms with Crippen molar-refractivity contribution in [2.45, 2.75) is 39.2 Å². The summed E-state index contributed by atoms with van der Waals surface area (Å²) in [7, 11) is 0. The Balaban J connectivity index is 2.59. The number of aliphatic carboxylic acids is 1. The molecule has 0 aliphatic heterocycles. The summed E-state index contributed by atoms with van der Waals surface area (Å²) >= 11 is 0. The first-order valence-corrected chi connectivity index (χ1v) is 6.69. The van der Waals surface area contributed by atoms with Crippen LogP contribution in [0.2, 0.25) is 0 Å². The highest BCUT2D eigenvalue weighted by molar-refractivity contribution is 5.79. The van der Waals surface area contributed by atoms with E-state index in [0.717, 1.165) is 5.56 Å². The SMILES string of the molecule is CC(C)N(CCCC(=O)O)C(=O)Cc1ccc(O)cc1. The Morgan fingerprint density at radius 3 is 2.30 bits per heavy atom. The molecule has 2 N–H and O–H groups in total. The maximum atomic E-state index is 12.2. The molecule has 5 nitrogen and oxygen atoms in total. The van der Waals surface area contributed by atoms with Gasteiger partial charge in [0, 0.05) is 19.0 Å². The first-order valence-electron chi connectivity index (χ1n) is 6.69. The van der Waals surface area contributed by atoms with Crippen LogP contribution in [0.15, 0.2) is 24.3 Å². The van der Waals surface area contributed by atoms with Crippen molar-refractivity contribution in [1.29, 1.82) is 0 Å². The molecule has 20 heavy (non-hydrogen) atoms. The van der Waals surface area contributed by atoms with Gasteiger partial charge in [0.15, 0.2) is 0 Å². The van der Waals surface area contributed by atoms with Gasteiger partial charge < -0.3 is 15.1 Å². The summed E-state index contributed by atoms with van der Waals surface area (Å²) in [6, 6.07) is 6.55. The molecule has 0 aliphatic rings. The Bertz CT molecular complexity index is 453. The number of hydrogen-bond acceptors (Lipinski definition) is 3. The summed E-state index contributed by atoms with van der Waals surface area (Å²) in [5.41, 5.74) is 0.830. The predicted molar refractivity (Wildman–Crippen MR) is 75.5 cm³/mol. The molecule has 0 spiro atoms. The van der Waals surface area contributed by atoms with E-state index >= 15 is 0 Å². The molecule has 0 unspecified atom stereocenters. The topological polar surface area (TPSA) is 77.8 Å². The molecule has 0 saturated heterocycles. The van der Waals surface area contributed by atoms with E-state index in [4.69, 9.17) is 5.11 Å². The van der Waals surface area contributed by atoms with Crippen molar-refractivity contribution in [3.05, 3.63) is 29.8 Å². The Hall–Kier alpha value is -2.04. The minimum Gasteiger partial charge on any atom is -0.508 e. The quantitative estimate of drug-likeness (QED) is 0.800. The van der Waals surface area contributed by atoms with Crippen molar-refractivity contribution in [3.63, 3.8) is 0 Å². The normalized spacial score (nSPS) is 10.6. The maximum Gasteiger partial charge on any atom is 0.303 e. The molecule has 5 heteroatoms. The Labute approximate surface area is 118 Å². The first-order chi connectivity index (χ1) is 9.40. The Kier molecular flexibility index (Phi) is 6.03. The van der Waals surface area contributed by atoms with Crippen LogP contribution in [0.1, 0.15) is 32.3 Å². The van der Waals surface area contributed by atoms with Crippen LogP contribution < -0.4 is 0 Å². The van der Waals surface area contributed by atoms with E-state index in [1.165, 1.54) is 0 Å². The summed E-state index contributed by atoms with van der Waals surface area (Å²) in [5.74, 6) is -0.709. The Morgan fingerprint density at radius 2 is 1.80 bits per heavy atom. The average molecular weight is 279 g/mol. The van der Waals surface area contributed by atoms with Crippen LogP contribution in [0.25, 0.3) is 0 Å². The molecule has 1 aromatic rings. The molecule has 0 aromatic heterocycles. The summed E-state index contributed by atoms with van der Waals surface area (Å²) in [4.78, 5) is 24.4. The van der Waals surface area contributed by atoms with Gasteiger partial charge in [-0.2, -0.15) is 0 Å². The number of nitrogens with zero attached hydrogens (tertiary/aromatic N) is 1. The zero-order valence-corrected chi connectivity index (χ0v) is 11.9. The van der Waals surface area contributed by atoms with E-state index in [-0.39, 0.29) is 30.5 Å². The second-order valence-corrected chi connectivity index (χ2v) is 5.02. The third-order valence-electron chi connectivity index (χ3n) is 3.03. The Morgan fingerprint density at radius 1 is 1.20 bits per heavy atom. The fourth-order valence-electron chi connectivity index (χ4n) is 1.96. The second kappa shape index (κ2) is 7.53. The van der Waals surface area contributed by atoms with Crippen LogP contribution in [0, 0.1) is 0 Å². The minimum atomic E-state index is -0.848. The number of amides is 1. The maximum absolute atomic E-state index is 12.2. The highest BCUT2D eigenvalue weighted by Gasteiger charge is 2.17. The third-order valence-corrected chi connectivity index (χ3v) is 3.03. The molecule has 1 rings (SSSR count). The van der Waals surface area contributed by atoms with Crippen LogP contribution in [-0.2, 0) is 16.0 Å². The van der Waals surface area contributed by atoms with Gasteiger partial charge in [-0.25, -0.2) is 0 Å².